The number of Topliss-reactive ketones (excluding diaryl/α,β-unsaturated/α-hetero) is 2. The molecule has 3 aliphatic carbocycles. The van der Waals surface area contributed by atoms with E-state index in [2.05, 4.69) is 0 Å². The summed E-state index contributed by atoms with van der Waals surface area (Å²) in [5.41, 5.74) is 3.25. The number of carbonyl (C=O) groups is 3. The van der Waals surface area contributed by atoms with Crippen molar-refractivity contribution < 1.29 is 39.9 Å². The predicted octanol–water partition coefficient (Wildman–Crippen LogP) is 0.995. The molecular formula is C31H33N3O8. The molecule has 0 aliphatic heterocycles. The van der Waals surface area contributed by atoms with Crippen LogP contribution in [0.3, 0.4) is 0 Å². The summed E-state index contributed by atoms with van der Waals surface area (Å²) in [4.78, 5) is 43.2. The van der Waals surface area contributed by atoms with Crippen LogP contribution in [0.4, 0.5) is 0 Å². The number of ketones is 2. The van der Waals surface area contributed by atoms with Crippen LogP contribution in [0.5, 0.6) is 5.75 Å². The van der Waals surface area contributed by atoms with Crippen LogP contribution in [0, 0.1) is 11.8 Å². The largest absolute Gasteiger partial charge is 0.508 e. The first-order valence-electron chi connectivity index (χ1n) is 13.3. The predicted molar refractivity (Wildman–Crippen MR) is 154 cm³/mol. The van der Waals surface area contributed by atoms with Gasteiger partial charge in [0.15, 0.2) is 11.4 Å². The number of amides is 1. The lowest BCUT2D eigenvalue weighted by Crippen LogP contribution is -2.70. The average Bonchev–Trinajstić information content (AvgIpc) is 2.90. The molecule has 2 aromatic carbocycles. The Balaban J connectivity index is 1.79. The molecule has 0 radical (unpaired) electrons. The Morgan fingerprint density at radius 3 is 2.24 bits per heavy atom. The molecule has 11 heteroatoms. The third-order valence-corrected chi connectivity index (χ3v) is 8.33. The normalized spacial score (nSPS) is 28.3. The topological polar surface area (TPSA) is 185 Å². The van der Waals surface area contributed by atoms with Crippen molar-refractivity contribution >= 4 is 34.9 Å². The van der Waals surface area contributed by atoms with Crippen molar-refractivity contribution in [1.29, 1.82) is 0 Å². The lowest BCUT2D eigenvalue weighted by molar-refractivity contribution is -0.166. The van der Waals surface area contributed by atoms with Crippen molar-refractivity contribution in [1.82, 2.24) is 9.80 Å². The van der Waals surface area contributed by atoms with Crippen molar-refractivity contribution in [2.45, 2.75) is 24.3 Å². The number of phenolic OH excluding ortho intramolecular Hbond substituents is 1. The Morgan fingerprint density at radius 1 is 1.02 bits per heavy atom. The minimum Gasteiger partial charge on any atom is -0.508 e. The molecule has 1 fully saturated rings. The second-order valence-corrected chi connectivity index (χ2v) is 11.5. The van der Waals surface area contributed by atoms with Crippen molar-refractivity contribution in [3.05, 3.63) is 81.6 Å². The molecule has 42 heavy (non-hydrogen) atoms. The monoisotopic (exact) mass is 575 g/mol. The van der Waals surface area contributed by atoms with Gasteiger partial charge in [-0.3, -0.25) is 19.3 Å². The summed E-state index contributed by atoms with van der Waals surface area (Å²) in [6.07, 6.45) is -0.0252. The second kappa shape index (κ2) is 10.2. The van der Waals surface area contributed by atoms with E-state index in [0.29, 0.717) is 23.2 Å². The molecule has 0 spiro atoms. The van der Waals surface area contributed by atoms with Crippen LogP contribution < -0.4 is 5.73 Å². The maximum atomic E-state index is 14.2. The highest BCUT2D eigenvalue weighted by molar-refractivity contribution is 6.25. The molecule has 2 aromatic rings. The number of phenols is 1. The highest BCUT2D eigenvalue weighted by Gasteiger charge is 2.68. The zero-order valence-corrected chi connectivity index (χ0v) is 23.6. The second-order valence-electron chi connectivity index (χ2n) is 11.5. The smallest absolute Gasteiger partial charge is 0.255 e. The van der Waals surface area contributed by atoms with Crippen molar-refractivity contribution in [2.24, 2.45) is 17.6 Å². The highest BCUT2D eigenvalue weighted by Crippen LogP contribution is 2.56. The van der Waals surface area contributed by atoms with E-state index in [-0.39, 0.29) is 11.3 Å². The Hall–Kier alpha value is -4.29. The summed E-state index contributed by atoms with van der Waals surface area (Å²) in [6.45, 7) is 0.703. The quantitative estimate of drug-likeness (QED) is 0.281. The SMILES string of the molecule is CN(C)Cc1ccc(/C=C2\c3cccc(O)c3C(O)=C3C(=O)[C@]4(O)C(O)=C(C(N)=O)C(=O)[C@@H](N(C)C)C4[C@@H](O)C32)cc1. The molecule has 0 saturated heterocycles. The first-order valence-corrected chi connectivity index (χ1v) is 13.3. The summed E-state index contributed by atoms with van der Waals surface area (Å²) in [5.74, 6) is -8.81. The van der Waals surface area contributed by atoms with Crippen molar-refractivity contribution in [3.8, 4) is 5.75 Å². The zero-order chi connectivity index (χ0) is 30.8. The van der Waals surface area contributed by atoms with Gasteiger partial charge >= 0.3 is 0 Å². The number of carbonyl (C=O) groups excluding carboxylic acids is 3. The Morgan fingerprint density at radius 2 is 1.67 bits per heavy atom. The van der Waals surface area contributed by atoms with E-state index in [1.165, 1.54) is 25.1 Å². The van der Waals surface area contributed by atoms with Gasteiger partial charge in [-0.2, -0.15) is 0 Å². The van der Waals surface area contributed by atoms with Crippen LogP contribution in [0.2, 0.25) is 0 Å². The molecule has 5 atom stereocenters. The van der Waals surface area contributed by atoms with Gasteiger partial charge in [0.05, 0.1) is 29.2 Å². The number of benzene rings is 2. The summed E-state index contributed by atoms with van der Waals surface area (Å²) < 4.78 is 0. The first kappa shape index (κ1) is 29.2. The number of hydrogen-bond donors (Lipinski definition) is 6. The molecular weight excluding hydrogens is 542 g/mol. The molecule has 7 N–H and O–H groups in total. The van der Waals surface area contributed by atoms with Gasteiger partial charge in [-0.05, 0) is 56.5 Å². The van der Waals surface area contributed by atoms with Gasteiger partial charge < -0.3 is 36.2 Å². The Bertz CT molecular complexity index is 1600. The number of nitrogens with two attached hydrogens (primary N) is 1. The number of primary amides is 1. The van der Waals surface area contributed by atoms with Crippen molar-refractivity contribution in [3.63, 3.8) is 0 Å². The number of aliphatic hydroxyl groups is 4. The number of rotatable bonds is 5. The van der Waals surface area contributed by atoms with Crippen LogP contribution in [-0.2, 0) is 20.9 Å². The van der Waals surface area contributed by atoms with Gasteiger partial charge in [0.25, 0.3) is 5.91 Å². The van der Waals surface area contributed by atoms with Crippen LogP contribution in [-0.4, -0.2) is 98.7 Å². The van der Waals surface area contributed by atoms with Crippen LogP contribution in [0.15, 0.2) is 59.4 Å². The molecule has 1 amide bonds. The Kier molecular flexibility index (Phi) is 7.10. The van der Waals surface area contributed by atoms with Crippen molar-refractivity contribution in [2.75, 3.05) is 28.2 Å². The summed E-state index contributed by atoms with van der Waals surface area (Å²) in [5, 5.41) is 57.1. The number of hydrogen-bond acceptors (Lipinski definition) is 10. The Labute approximate surface area is 242 Å². The van der Waals surface area contributed by atoms with Gasteiger partial charge in [0.1, 0.15) is 22.8 Å². The van der Waals surface area contributed by atoms with E-state index in [9.17, 15) is 39.9 Å². The molecule has 11 nitrogen and oxygen atoms in total. The molecule has 3 aliphatic rings. The summed E-state index contributed by atoms with van der Waals surface area (Å²) in [7, 11) is 6.82. The van der Waals surface area contributed by atoms with Gasteiger partial charge in [0, 0.05) is 12.5 Å². The summed E-state index contributed by atoms with van der Waals surface area (Å²) >= 11 is 0. The molecule has 0 bridgehead atoms. The van der Waals surface area contributed by atoms with Crippen LogP contribution in [0.25, 0.3) is 17.4 Å². The van der Waals surface area contributed by atoms with E-state index in [1.54, 1.807) is 18.2 Å². The highest BCUT2D eigenvalue weighted by atomic mass is 16.4. The third kappa shape index (κ3) is 4.16. The number of aliphatic hydroxyl groups excluding tert-OH is 3. The fraction of sp³-hybridized carbons (Fsp3) is 0.323. The first-order chi connectivity index (χ1) is 19.7. The van der Waals surface area contributed by atoms with Gasteiger partial charge in [-0.25, -0.2) is 0 Å². The maximum absolute atomic E-state index is 14.2. The molecule has 0 aromatic heterocycles. The fourth-order valence-electron chi connectivity index (χ4n) is 6.57. The molecule has 1 saturated carbocycles. The molecule has 2 unspecified atom stereocenters. The fourth-order valence-corrected chi connectivity index (χ4v) is 6.57. The van der Waals surface area contributed by atoms with E-state index in [4.69, 9.17) is 5.73 Å². The number of fused-ring (bicyclic) bond motifs is 3. The lowest BCUT2D eigenvalue weighted by atomic mass is 9.55. The minimum absolute atomic E-state index is 0.100. The van der Waals surface area contributed by atoms with Gasteiger partial charge in [-0.15, -0.1) is 0 Å². The van der Waals surface area contributed by atoms with Gasteiger partial charge in [0.2, 0.25) is 5.78 Å². The minimum atomic E-state index is -2.98. The van der Waals surface area contributed by atoms with E-state index >= 15 is 0 Å². The molecule has 220 valence electrons. The third-order valence-electron chi connectivity index (χ3n) is 8.33. The number of aromatic hydroxyl groups is 1. The van der Waals surface area contributed by atoms with E-state index < -0.39 is 69.7 Å². The van der Waals surface area contributed by atoms with Crippen LogP contribution >= 0.6 is 0 Å². The van der Waals surface area contributed by atoms with Gasteiger partial charge in [-0.1, -0.05) is 42.5 Å². The number of nitrogens with zero attached hydrogens (tertiary/aromatic N) is 2. The average molecular weight is 576 g/mol. The van der Waals surface area contributed by atoms with E-state index in [0.717, 1.165) is 5.56 Å². The number of likely N-dealkylation sites (N-methyl/N-ethyl adjacent to an activating group) is 1. The zero-order valence-electron chi connectivity index (χ0n) is 23.6. The standard InChI is InChI=1S/C31H33N3O8/c1-33(2)13-15-10-8-14(9-11-15)12-17-16-6-5-7-18(35)19(16)25(36)21-20(17)26(37)23-24(34(3)4)27(38)22(30(32)41)29(40)31(23,42)28(21)39/h5-12,20,23-24,26,35-37,40,42H,13H2,1-4H3,(H2,32,41)/b17-12+/t20?,23?,24-,26-,31-/m0/s1. The summed E-state index contributed by atoms with van der Waals surface area (Å²) in [6, 6.07) is 10.6. The van der Waals surface area contributed by atoms with E-state index in [1.807, 2.05) is 43.3 Å². The molecule has 0 heterocycles. The van der Waals surface area contributed by atoms with Crippen LogP contribution in [0.1, 0.15) is 22.3 Å². The maximum Gasteiger partial charge on any atom is 0.255 e. The molecule has 5 rings (SSSR count). The lowest BCUT2D eigenvalue weighted by Gasteiger charge is -2.53.